The summed E-state index contributed by atoms with van der Waals surface area (Å²) in [5.74, 6) is -0.199. The second-order valence-corrected chi connectivity index (χ2v) is 4.71. The zero-order valence-corrected chi connectivity index (χ0v) is 13.0. The van der Waals surface area contributed by atoms with E-state index in [1.807, 2.05) is 0 Å². The lowest BCUT2D eigenvalue weighted by atomic mass is 10.1. The summed E-state index contributed by atoms with van der Waals surface area (Å²) in [5.41, 5.74) is 0.0626. The molecule has 2 rings (SSSR count). The van der Waals surface area contributed by atoms with Gasteiger partial charge in [0.1, 0.15) is 5.75 Å². The van der Waals surface area contributed by atoms with Gasteiger partial charge in [0.15, 0.2) is 23.9 Å². The summed E-state index contributed by atoms with van der Waals surface area (Å²) in [6.07, 6.45) is 0. The highest BCUT2D eigenvalue weighted by molar-refractivity contribution is 5.97. The molecule has 0 saturated carbocycles. The molecule has 0 heterocycles. The number of carbonyl (C=O) groups excluding carboxylic acids is 1. The number of halogens is 2. The highest BCUT2D eigenvalue weighted by Crippen LogP contribution is 2.31. The van der Waals surface area contributed by atoms with Gasteiger partial charge >= 0.3 is 6.61 Å². The Bertz CT molecular complexity index is 764. The van der Waals surface area contributed by atoms with E-state index >= 15 is 0 Å². The van der Waals surface area contributed by atoms with E-state index in [4.69, 9.17) is 9.47 Å². The van der Waals surface area contributed by atoms with Crippen LogP contribution in [0.3, 0.4) is 0 Å². The van der Waals surface area contributed by atoms with Crippen molar-refractivity contribution in [2.45, 2.75) is 6.61 Å². The van der Waals surface area contributed by atoms with Crippen LogP contribution in [0.15, 0.2) is 42.5 Å². The molecule has 0 aliphatic carbocycles. The molecule has 0 N–H and O–H groups in total. The number of benzene rings is 2. The van der Waals surface area contributed by atoms with Crippen LogP contribution < -0.4 is 14.2 Å². The molecule has 0 saturated heterocycles. The molecule has 0 aliphatic heterocycles. The molecule has 0 radical (unpaired) electrons. The number of ether oxygens (including phenoxy) is 3. The molecule has 0 unspecified atom stereocenters. The number of non-ortho nitro benzene ring substituents is 1. The Morgan fingerprint density at radius 1 is 1.16 bits per heavy atom. The number of hydrogen-bond donors (Lipinski definition) is 0. The summed E-state index contributed by atoms with van der Waals surface area (Å²) >= 11 is 0. The van der Waals surface area contributed by atoms with Crippen LogP contribution >= 0.6 is 0 Å². The SMILES string of the molecule is COc1cc([N+](=O)[O-])ccc1OCC(=O)c1ccc(OC(F)F)cc1. The van der Waals surface area contributed by atoms with E-state index in [0.717, 1.165) is 0 Å². The minimum Gasteiger partial charge on any atom is -0.493 e. The lowest BCUT2D eigenvalue weighted by molar-refractivity contribution is -0.384. The van der Waals surface area contributed by atoms with Crippen molar-refractivity contribution in [1.82, 2.24) is 0 Å². The summed E-state index contributed by atoms with van der Waals surface area (Å²) in [6, 6.07) is 8.86. The lowest BCUT2D eigenvalue weighted by Crippen LogP contribution is -2.12. The average molecular weight is 353 g/mol. The molecule has 0 spiro atoms. The van der Waals surface area contributed by atoms with Gasteiger partial charge in [-0.25, -0.2) is 0 Å². The molecular formula is C16H13F2NO6. The van der Waals surface area contributed by atoms with Gasteiger partial charge in [-0.15, -0.1) is 0 Å². The minimum absolute atomic E-state index is 0.0653. The van der Waals surface area contributed by atoms with Gasteiger partial charge in [0.25, 0.3) is 5.69 Å². The molecule has 0 aromatic heterocycles. The maximum absolute atomic E-state index is 12.1. The van der Waals surface area contributed by atoms with Crippen molar-refractivity contribution in [3.05, 3.63) is 58.1 Å². The van der Waals surface area contributed by atoms with Gasteiger partial charge in [-0.05, 0) is 30.3 Å². The van der Waals surface area contributed by atoms with Gasteiger partial charge in [-0.3, -0.25) is 14.9 Å². The van der Waals surface area contributed by atoms with Gasteiger partial charge in [0.2, 0.25) is 0 Å². The Hall–Kier alpha value is -3.23. The molecule has 0 atom stereocenters. The highest BCUT2D eigenvalue weighted by Gasteiger charge is 2.14. The van der Waals surface area contributed by atoms with Crippen LogP contribution in [0.4, 0.5) is 14.5 Å². The van der Waals surface area contributed by atoms with E-state index in [1.165, 1.54) is 49.6 Å². The Labute approximate surface area is 140 Å². The van der Waals surface area contributed by atoms with Crippen molar-refractivity contribution in [2.75, 3.05) is 13.7 Å². The van der Waals surface area contributed by atoms with Crippen LogP contribution in [-0.2, 0) is 0 Å². The number of nitrogens with zero attached hydrogens (tertiary/aromatic N) is 1. The number of ketones is 1. The number of alkyl halides is 2. The zero-order chi connectivity index (χ0) is 18.4. The predicted molar refractivity (Wildman–Crippen MR) is 82.5 cm³/mol. The van der Waals surface area contributed by atoms with Crippen molar-refractivity contribution >= 4 is 11.5 Å². The molecule has 0 amide bonds. The average Bonchev–Trinajstić information content (AvgIpc) is 2.59. The Morgan fingerprint density at radius 2 is 1.84 bits per heavy atom. The molecule has 25 heavy (non-hydrogen) atoms. The molecule has 0 aliphatic rings. The van der Waals surface area contributed by atoms with Gasteiger partial charge in [0, 0.05) is 11.6 Å². The summed E-state index contributed by atoms with van der Waals surface area (Å²) in [5, 5.41) is 10.7. The standard InChI is InChI=1S/C16H13F2NO6/c1-23-15-8-11(19(21)22)4-7-14(15)24-9-13(20)10-2-5-12(6-3-10)25-16(17)18/h2-8,16H,9H2,1H3. The van der Waals surface area contributed by atoms with Crippen molar-refractivity contribution < 1.29 is 32.7 Å². The number of rotatable bonds is 8. The summed E-state index contributed by atoms with van der Waals surface area (Å²) in [7, 11) is 1.31. The topological polar surface area (TPSA) is 87.9 Å². The van der Waals surface area contributed by atoms with E-state index in [0.29, 0.717) is 0 Å². The third-order valence-electron chi connectivity index (χ3n) is 3.12. The number of Topliss-reactive ketones (excluding diaryl/α,β-unsaturated/α-hetero) is 1. The lowest BCUT2D eigenvalue weighted by Gasteiger charge is -2.10. The first-order valence-corrected chi connectivity index (χ1v) is 6.94. The fourth-order valence-corrected chi connectivity index (χ4v) is 1.94. The number of hydrogen-bond acceptors (Lipinski definition) is 6. The van der Waals surface area contributed by atoms with Crippen molar-refractivity contribution in [2.24, 2.45) is 0 Å². The van der Waals surface area contributed by atoms with Gasteiger partial charge in [0.05, 0.1) is 18.1 Å². The quantitative estimate of drug-likeness (QED) is 0.410. The van der Waals surface area contributed by atoms with E-state index in [9.17, 15) is 23.7 Å². The van der Waals surface area contributed by atoms with Gasteiger partial charge in [-0.2, -0.15) is 8.78 Å². The Morgan fingerprint density at radius 3 is 2.40 bits per heavy atom. The van der Waals surface area contributed by atoms with Crippen LogP contribution in [0, 0.1) is 10.1 Å². The Kier molecular flexibility index (Phi) is 5.83. The largest absolute Gasteiger partial charge is 0.493 e. The highest BCUT2D eigenvalue weighted by atomic mass is 19.3. The van der Waals surface area contributed by atoms with Crippen molar-refractivity contribution in [3.63, 3.8) is 0 Å². The number of nitro benzene ring substituents is 1. The van der Waals surface area contributed by atoms with E-state index in [-0.39, 0.29) is 35.1 Å². The molecule has 0 fully saturated rings. The molecule has 0 bridgehead atoms. The second-order valence-electron chi connectivity index (χ2n) is 4.71. The summed E-state index contributed by atoms with van der Waals surface area (Å²) in [4.78, 5) is 22.2. The van der Waals surface area contributed by atoms with Crippen LogP contribution in [0.25, 0.3) is 0 Å². The molecule has 2 aromatic rings. The molecule has 2 aromatic carbocycles. The zero-order valence-electron chi connectivity index (χ0n) is 13.0. The second kappa shape index (κ2) is 8.04. The fraction of sp³-hybridized carbons (Fsp3) is 0.188. The number of carbonyl (C=O) groups is 1. The smallest absolute Gasteiger partial charge is 0.387 e. The van der Waals surface area contributed by atoms with Crippen LogP contribution in [0.5, 0.6) is 17.2 Å². The fourth-order valence-electron chi connectivity index (χ4n) is 1.94. The van der Waals surface area contributed by atoms with Crippen LogP contribution in [-0.4, -0.2) is 31.0 Å². The van der Waals surface area contributed by atoms with E-state index in [2.05, 4.69) is 4.74 Å². The maximum Gasteiger partial charge on any atom is 0.387 e. The third kappa shape index (κ3) is 4.87. The summed E-state index contributed by atoms with van der Waals surface area (Å²) < 4.78 is 38.7. The first kappa shape index (κ1) is 18.1. The normalized spacial score (nSPS) is 10.4. The third-order valence-corrected chi connectivity index (χ3v) is 3.12. The molecule has 9 heteroatoms. The Balaban J connectivity index is 2.03. The molecule has 7 nitrogen and oxygen atoms in total. The maximum atomic E-state index is 12.1. The molecular weight excluding hydrogens is 340 g/mol. The van der Waals surface area contributed by atoms with Crippen LogP contribution in [0.1, 0.15) is 10.4 Å². The van der Waals surface area contributed by atoms with Crippen LogP contribution in [0.2, 0.25) is 0 Å². The first-order valence-electron chi connectivity index (χ1n) is 6.94. The van der Waals surface area contributed by atoms with Gasteiger partial charge < -0.3 is 14.2 Å². The van der Waals surface area contributed by atoms with Gasteiger partial charge in [-0.1, -0.05) is 0 Å². The number of methoxy groups -OCH3 is 1. The van der Waals surface area contributed by atoms with Crippen molar-refractivity contribution in [1.29, 1.82) is 0 Å². The van der Waals surface area contributed by atoms with E-state index in [1.54, 1.807) is 0 Å². The predicted octanol–water partition coefficient (Wildman–Crippen LogP) is 3.47. The van der Waals surface area contributed by atoms with Crippen molar-refractivity contribution in [3.8, 4) is 17.2 Å². The van der Waals surface area contributed by atoms with E-state index < -0.39 is 17.3 Å². The summed E-state index contributed by atoms with van der Waals surface area (Å²) in [6.45, 7) is -3.30. The monoisotopic (exact) mass is 353 g/mol. The molecule has 132 valence electrons. The first-order chi connectivity index (χ1) is 11.9. The number of nitro groups is 1. The minimum atomic E-state index is -2.94.